The second-order valence-electron chi connectivity index (χ2n) is 6.53. The fraction of sp³-hybridized carbons (Fsp3) is 0.0417. The van der Waals surface area contributed by atoms with Gasteiger partial charge in [-0.1, -0.05) is 48.5 Å². The number of rotatable bonds is 5. The maximum atomic E-state index is 12.9. The van der Waals surface area contributed by atoms with Crippen molar-refractivity contribution in [2.75, 3.05) is 7.11 Å². The lowest BCUT2D eigenvalue weighted by Gasteiger charge is -2.09. The second-order valence-corrected chi connectivity index (χ2v) is 7.69. The predicted molar refractivity (Wildman–Crippen MR) is 128 cm³/mol. The zero-order chi connectivity index (χ0) is 20.9. The molecule has 0 saturated heterocycles. The fourth-order valence-corrected chi connectivity index (χ4v) is 3.87. The van der Waals surface area contributed by atoms with Crippen molar-refractivity contribution < 1.29 is 9.53 Å². The highest BCUT2D eigenvalue weighted by molar-refractivity contribution is 14.1. The van der Waals surface area contributed by atoms with E-state index >= 15 is 0 Å². The summed E-state index contributed by atoms with van der Waals surface area (Å²) < 4.78 is 6.23. The number of carbonyl (C=O) groups is 1. The molecule has 0 spiro atoms. The number of fused-ring (bicyclic) bond motifs is 1. The number of carbonyl (C=O) groups excluding carboxylic acids is 1. The Morgan fingerprint density at radius 3 is 2.57 bits per heavy atom. The number of hydrogen-bond donors (Lipinski definition) is 1. The first kappa shape index (κ1) is 20.0. The smallest absolute Gasteiger partial charge is 0.272 e. The van der Waals surface area contributed by atoms with Crippen molar-refractivity contribution in [2.45, 2.75) is 0 Å². The summed E-state index contributed by atoms with van der Waals surface area (Å²) in [5.74, 6) is 0.513. The van der Waals surface area contributed by atoms with E-state index in [1.165, 1.54) is 0 Å². The summed E-state index contributed by atoms with van der Waals surface area (Å²) in [4.78, 5) is 17.6. The van der Waals surface area contributed by atoms with Crippen LogP contribution in [0.15, 0.2) is 84.0 Å². The molecule has 5 nitrogen and oxygen atoms in total. The van der Waals surface area contributed by atoms with Gasteiger partial charge in [0.25, 0.3) is 5.91 Å². The number of hydrogen-bond acceptors (Lipinski definition) is 4. The molecule has 6 heteroatoms. The summed E-state index contributed by atoms with van der Waals surface area (Å²) in [6, 6.07) is 24.9. The zero-order valence-electron chi connectivity index (χ0n) is 16.2. The number of nitrogens with one attached hydrogen (secondary N) is 1. The fourth-order valence-electron chi connectivity index (χ4n) is 3.11. The molecule has 0 atom stereocenters. The monoisotopic (exact) mass is 507 g/mol. The van der Waals surface area contributed by atoms with E-state index in [0.717, 1.165) is 37.0 Å². The molecule has 1 heterocycles. The largest absolute Gasteiger partial charge is 0.496 e. The van der Waals surface area contributed by atoms with Crippen LogP contribution in [0.1, 0.15) is 15.9 Å². The van der Waals surface area contributed by atoms with E-state index in [1.54, 1.807) is 19.4 Å². The highest BCUT2D eigenvalue weighted by Gasteiger charge is 2.13. The molecule has 148 valence electrons. The average molecular weight is 507 g/mol. The molecule has 1 amide bonds. The Labute approximate surface area is 187 Å². The molecule has 0 unspecified atom stereocenters. The number of ether oxygens (including phenoxy) is 1. The summed E-state index contributed by atoms with van der Waals surface area (Å²) in [7, 11) is 1.63. The number of amides is 1. The highest BCUT2D eigenvalue weighted by atomic mass is 127. The van der Waals surface area contributed by atoms with Crippen molar-refractivity contribution in [3.05, 3.63) is 93.6 Å². The van der Waals surface area contributed by atoms with Crippen LogP contribution in [0.2, 0.25) is 0 Å². The van der Waals surface area contributed by atoms with Crippen molar-refractivity contribution >= 4 is 45.6 Å². The molecule has 0 fully saturated rings. The number of para-hydroxylation sites is 1. The topological polar surface area (TPSA) is 63.6 Å². The minimum Gasteiger partial charge on any atom is -0.496 e. The van der Waals surface area contributed by atoms with Crippen molar-refractivity contribution in [2.24, 2.45) is 5.10 Å². The number of halogens is 1. The predicted octanol–water partition coefficient (Wildman–Crippen LogP) is 5.28. The van der Waals surface area contributed by atoms with Gasteiger partial charge in [-0.3, -0.25) is 4.79 Å². The second kappa shape index (κ2) is 9.04. The van der Waals surface area contributed by atoms with Gasteiger partial charge >= 0.3 is 0 Å². The van der Waals surface area contributed by atoms with Gasteiger partial charge in [-0.2, -0.15) is 5.10 Å². The third-order valence-electron chi connectivity index (χ3n) is 4.59. The van der Waals surface area contributed by atoms with E-state index in [2.05, 4.69) is 33.1 Å². The lowest BCUT2D eigenvalue weighted by atomic mass is 10.0. The van der Waals surface area contributed by atoms with E-state index in [1.807, 2.05) is 72.8 Å². The minimum atomic E-state index is -0.287. The maximum absolute atomic E-state index is 12.9. The quantitative estimate of drug-likeness (QED) is 0.227. The lowest BCUT2D eigenvalue weighted by Crippen LogP contribution is -2.18. The number of hydrazone groups is 1. The summed E-state index contributed by atoms with van der Waals surface area (Å²) in [6.45, 7) is 0. The molecule has 0 radical (unpaired) electrons. The SMILES string of the molecule is COc1ccc(/C=N/NC(=O)c2cc(-c3ccccc3)nc3ccccc23)cc1I. The van der Waals surface area contributed by atoms with Crippen molar-refractivity contribution in [3.8, 4) is 17.0 Å². The summed E-state index contributed by atoms with van der Waals surface area (Å²) in [5, 5.41) is 4.92. The highest BCUT2D eigenvalue weighted by Crippen LogP contribution is 2.25. The van der Waals surface area contributed by atoms with Crippen molar-refractivity contribution in [3.63, 3.8) is 0 Å². The lowest BCUT2D eigenvalue weighted by molar-refractivity contribution is 0.0956. The Kier molecular flexibility index (Phi) is 6.04. The van der Waals surface area contributed by atoms with Gasteiger partial charge in [-0.25, -0.2) is 10.4 Å². The van der Waals surface area contributed by atoms with Gasteiger partial charge in [0.05, 0.1) is 33.7 Å². The Morgan fingerprint density at radius 1 is 1.03 bits per heavy atom. The molecule has 0 saturated carbocycles. The van der Waals surface area contributed by atoms with Crippen LogP contribution in [0.25, 0.3) is 22.2 Å². The van der Waals surface area contributed by atoms with Gasteiger partial charge < -0.3 is 4.74 Å². The first-order valence-electron chi connectivity index (χ1n) is 9.28. The molecule has 30 heavy (non-hydrogen) atoms. The van der Waals surface area contributed by atoms with E-state index in [9.17, 15) is 4.79 Å². The summed E-state index contributed by atoms with van der Waals surface area (Å²) >= 11 is 2.20. The van der Waals surface area contributed by atoms with E-state index in [0.29, 0.717) is 5.56 Å². The van der Waals surface area contributed by atoms with Crippen LogP contribution in [0.5, 0.6) is 5.75 Å². The van der Waals surface area contributed by atoms with Crippen LogP contribution >= 0.6 is 22.6 Å². The number of pyridine rings is 1. The Bertz CT molecular complexity index is 1240. The Balaban J connectivity index is 1.63. The molecule has 1 aromatic heterocycles. The molecule has 0 aliphatic rings. The number of benzene rings is 3. The van der Waals surface area contributed by atoms with Crippen LogP contribution in [0.3, 0.4) is 0 Å². The molecule has 3 aromatic carbocycles. The van der Waals surface area contributed by atoms with Crippen LogP contribution in [-0.2, 0) is 0 Å². The normalized spacial score (nSPS) is 11.0. The summed E-state index contributed by atoms with van der Waals surface area (Å²) in [5.41, 5.74) is 6.49. The first-order valence-corrected chi connectivity index (χ1v) is 10.4. The van der Waals surface area contributed by atoms with Crippen LogP contribution in [0, 0.1) is 3.57 Å². The molecule has 0 bridgehead atoms. The molecular formula is C24H18IN3O2. The average Bonchev–Trinajstić information content (AvgIpc) is 2.79. The van der Waals surface area contributed by atoms with Crippen LogP contribution < -0.4 is 10.2 Å². The Morgan fingerprint density at radius 2 is 1.80 bits per heavy atom. The standard InChI is InChI=1S/C24H18IN3O2/c1-30-23-12-11-16(13-20(23)25)15-26-28-24(29)19-14-22(17-7-3-2-4-8-17)27-21-10-6-5-9-18(19)21/h2-15H,1H3,(H,28,29)/b26-15+. The molecule has 1 N–H and O–H groups in total. The van der Waals surface area contributed by atoms with Crippen LogP contribution in [-0.4, -0.2) is 24.2 Å². The van der Waals surface area contributed by atoms with Gasteiger partial charge in [-0.05, 0) is 58.5 Å². The van der Waals surface area contributed by atoms with Gasteiger partial charge in [0.15, 0.2) is 0 Å². The molecule has 4 rings (SSSR count). The van der Waals surface area contributed by atoms with E-state index in [4.69, 9.17) is 9.72 Å². The molecular weight excluding hydrogens is 489 g/mol. The van der Waals surface area contributed by atoms with Gasteiger partial charge in [0.1, 0.15) is 5.75 Å². The molecule has 0 aliphatic carbocycles. The zero-order valence-corrected chi connectivity index (χ0v) is 18.3. The molecule has 0 aliphatic heterocycles. The van der Waals surface area contributed by atoms with Gasteiger partial charge in [0.2, 0.25) is 0 Å². The minimum absolute atomic E-state index is 0.287. The molecule has 4 aromatic rings. The Hall–Kier alpha value is -3.26. The number of aromatic nitrogens is 1. The maximum Gasteiger partial charge on any atom is 0.272 e. The van der Waals surface area contributed by atoms with Gasteiger partial charge in [-0.15, -0.1) is 0 Å². The van der Waals surface area contributed by atoms with Gasteiger partial charge in [0, 0.05) is 10.9 Å². The third kappa shape index (κ3) is 4.33. The first-order chi connectivity index (χ1) is 14.7. The number of methoxy groups -OCH3 is 1. The van der Waals surface area contributed by atoms with E-state index < -0.39 is 0 Å². The third-order valence-corrected chi connectivity index (χ3v) is 5.43. The summed E-state index contributed by atoms with van der Waals surface area (Å²) in [6.07, 6.45) is 1.61. The van der Waals surface area contributed by atoms with Crippen molar-refractivity contribution in [1.29, 1.82) is 0 Å². The van der Waals surface area contributed by atoms with Crippen molar-refractivity contribution in [1.82, 2.24) is 10.4 Å². The van der Waals surface area contributed by atoms with Crippen LogP contribution in [0.4, 0.5) is 0 Å². The van der Waals surface area contributed by atoms with E-state index in [-0.39, 0.29) is 5.91 Å². The number of nitrogens with zero attached hydrogens (tertiary/aromatic N) is 2.